The van der Waals surface area contributed by atoms with E-state index in [-0.39, 0.29) is 5.97 Å². The van der Waals surface area contributed by atoms with Crippen molar-refractivity contribution in [3.63, 3.8) is 0 Å². The summed E-state index contributed by atoms with van der Waals surface area (Å²) in [7, 11) is 1.40. The molecule has 0 N–H and O–H groups in total. The van der Waals surface area contributed by atoms with Gasteiger partial charge in [0.25, 0.3) is 0 Å². The van der Waals surface area contributed by atoms with E-state index in [1.54, 1.807) is 6.07 Å². The number of benzene rings is 3. The fourth-order valence-electron chi connectivity index (χ4n) is 3.65. The van der Waals surface area contributed by atoms with Crippen LogP contribution in [0, 0.1) is 0 Å². The van der Waals surface area contributed by atoms with Gasteiger partial charge in [0.1, 0.15) is 0 Å². The standard InChI is InChI=1S/C23H20ClNO2/c1-27-23(26)19-7-4-5-16(13-19)15-25-21-8-3-2-6-17(21)9-10-18-11-12-20(24)14-22(18)25/h2-8,11-14H,9-10,15H2,1H3. The molecular formula is C23H20ClNO2. The van der Waals surface area contributed by atoms with Crippen molar-refractivity contribution in [3.05, 3.63) is 94.0 Å². The first-order valence-electron chi connectivity index (χ1n) is 8.97. The van der Waals surface area contributed by atoms with Gasteiger partial charge in [-0.25, -0.2) is 4.79 Å². The highest BCUT2D eigenvalue weighted by molar-refractivity contribution is 6.30. The fraction of sp³-hybridized carbons (Fsp3) is 0.174. The van der Waals surface area contributed by atoms with Gasteiger partial charge < -0.3 is 9.64 Å². The molecule has 0 unspecified atom stereocenters. The summed E-state index contributed by atoms with van der Waals surface area (Å²) in [6.07, 6.45) is 1.96. The Bertz CT molecular complexity index is 999. The van der Waals surface area contributed by atoms with E-state index >= 15 is 0 Å². The van der Waals surface area contributed by atoms with E-state index in [1.165, 1.54) is 23.9 Å². The van der Waals surface area contributed by atoms with Gasteiger partial charge in [0.15, 0.2) is 0 Å². The van der Waals surface area contributed by atoms with Gasteiger partial charge in [-0.3, -0.25) is 0 Å². The Morgan fingerprint density at radius 2 is 1.74 bits per heavy atom. The number of carbonyl (C=O) groups is 1. The number of nitrogens with zero attached hydrogens (tertiary/aromatic N) is 1. The first-order valence-corrected chi connectivity index (χ1v) is 9.34. The number of rotatable bonds is 3. The van der Waals surface area contributed by atoms with Gasteiger partial charge >= 0.3 is 5.97 Å². The van der Waals surface area contributed by atoms with Gasteiger partial charge in [-0.2, -0.15) is 0 Å². The lowest BCUT2D eigenvalue weighted by atomic mass is 10.0. The first kappa shape index (κ1) is 17.6. The zero-order valence-electron chi connectivity index (χ0n) is 15.1. The molecule has 3 aromatic carbocycles. The van der Waals surface area contributed by atoms with Crippen molar-refractivity contribution in [1.82, 2.24) is 0 Å². The third-order valence-electron chi connectivity index (χ3n) is 4.97. The van der Waals surface area contributed by atoms with Crippen molar-refractivity contribution in [3.8, 4) is 0 Å². The van der Waals surface area contributed by atoms with Crippen LogP contribution in [0.1, 0.15) is 27.0 Å². The summed E-state index contributed by atoms with van der Waals surface area (Å²) < 4.78 is 4.86. The van der Waals surface area contributed by atoms with Gasteiger partial charge in [0.05, 0.1) is 12.7 Å². The SMILES string of the molecule is COC(=O)c1cccc(CN2c3ccccc3CCc3ccc(Cl)cc32)c1. The van der Waals surface area contributed by atoms with E-state index in [9.17, 15) is 4.79 Å². The summed E-state index contributed by atoms with van der Waals surface area (Å²) in [6, 6.07) is 22.2. The molecule has 0 aromatic heterocycles. The maximum absolute atomic E-state index is 11.9. The molecule has 4 rings (SSSR count). The topological polar surface area (TPSA) is 29.5 Å². The normalized spacial score (nSPS) is 12.7. The molecule has 136 valence electrons. The summed E-state index contributed by atoms with van der Waals surface area (Å²) in [5.74, 6) is -0.323. The number of para-hydroxylation sites is 1. The van der Waals surface area contributed by atoms with Gasteiger partial charge in [-0.1, -0.05) is 48.0 Å². The number of anilines is 2. The molecule has 0 bridgehead atoms. The van der Waals surface area contributed by atoms with Crippen molar-refractivity contribution in [2.75, 3.05) is 12.0 Å². The lowest BCUT2D eigenvalue weighted by Crippen LogP contribution is -2.18. The number of hydrogen-bond acceptors (Lipinski definition) is 3. The van der Waals surface area contributed by atoms with Gasteiger partial charge in [0, 0.05) is 22.9 Å². The molecule has 0 saturated carbocycles. The molecule has 0 spiro atoms. The molecule has 27 heavy (non-hydrogen) atoms. The smallest absolute Gasteiger partial charge is 0.337 e. The summed E-state index contributed by atoms with van der Waals surface area (Å²) >= 11 is 6.32. The molecule has 1 aliphatic heterocycles. The van der Waals surface area contributed by atoms with Crippen molar-refractivity contribution in [1.29, 1.82) is 0 Å². The quantitative estimate of drug-likeness (QED) is 0.559. The van der Waals surface area contributed by atoms with Crippen molar-refractivity contribution < 1.29 is 9.53 Å². The van der Waals surface area contributed by atoms with E-state index in [0.29, 0.717) is 12.1 Å². The minimum absolute atomic E-state index is 0.323. The summed E-state index contributed by atoms with van der Waals surface area (Å²) in [4.78, 5) is 14.2. The fourth-order valence-corrected chi connectivity index (χ4v) is 3.82. The molecule has 1 aliphatic rings. The second kappa shape index (κ2) is 7.45. The van der Waals surface area contributed by atoms with Crippen LogP contribution in [0.25, 0.3) is 0 Å². The highest BCUT2D eigenvalue weighted by Gasteiger charge is 2.21. The van der Waals surface area contributed by atoms with E-state index in [1.807, 2.05) is 30.3 Å². The van der Waals surface area contributed by atoms with Crippen LogP contribution in [-0.2, 0) is 24.1 Å². The van der Waals surface area contributed by atoms with E-state index in [0.717, 1.165) is 29.1 Å². The number of fused-ring (bicyclic) bond motifs is 2. The summed E-state index contributed by atoms with van der Waals surface area (Å²) in [5, 5.41) is 0.724. The van der Waals surface area contributed by atoms with Gasteiger partial charge in [-0.15, -0.1) is 0 Å². The lowest BCUT2D eigenvalue weighted by molar-refractivity contribution is 0.0600. The van der Waals surface area contributed by atoms with Crippen LogP contribution in [0.3, 0.4) is 0 Å². The number of methoxy groups -OCH3 is 1. The molecule has 0 saturated heterocycles. The molecule has 0 aliphatic carbocycles. The Morgan fingerprint density at radius 1 is 0.963 bits per heavy atom. The van der Waals surface area contributed by atoms with Crippen LogP contribution in [0.4, 0.5) is 11.4 Å². The third kappa shape index (κ3) is 3.56. The van der Waals surface area contributed by atoms with Crippen molar-refractivity contribution >= 4 is 28.9 Å². The largest absolute Gasteiger partial charge is 0.465 e. The summed E-state index contributed by atoms with van der Waals surface area (Å²) in [5.41, 5.74) is 6.50. The number of ether oxygens (including phenoxy) is 1. The van der Waals surface area contributed by atoms with Gasteiger partial charge in [-0.05, 0) is 59.9 Å². The highest BCUT2D eigenvalue weighted by atomic mass is 35.5. The zero-order valence-corrected chi connectivity index (χ0v) is 15.9. The zero-order chi connectivity index (χ0) is 18.8. The predicted octanol–water partition coefficient (Wildman–Crippen LogP) is 5.56. The van der Waals surface area contributed by atoms with E-state index in [4.69, 9.17) is 16.3 Å². The van der Waals surface area contributed by atoms with Crippen LogP contribution in [0.15, 0.2) is 66.7 Å². The Morgan fingerprint density at radius 3 is 2.56 bits per heavy atom. The van der Waals surface area contributed by atoms with Crippen LogP contribution in [-0.4, -0.2) is 13.1 Å². The third-order valence-corrected chi connectivity index (χ3v) is 5.21. The maximum atomic E-state index is 11.9. The minimum Gasteiger partial charge on any atom is -0.465 e. The van der Waals surface area contributed by atoms with Crippen LogP contribution >= 0.6 is 11.6 Å². The number of aryl methyl sites for hydroxylation is 2. The first-order chi connectivity index (χ1) is 13.2. The Kier molecular flexibility index (Phi) is 4.87. The van der Waals surface area contributed by atoms with Crippen LogP contribution in [0.2, 0.25) is 5.02 Å². The number of esters is 1. The minimum atomic E-state index is -0.323. The number of hydrogen-bond donors (Lipinski definition) is 0. The van der Waals surface area contributed by atoms with Gasteiger partial charge in [0.2, 0.25) is 0 Å². The molecule has 3 aromatic rings. The van der Waals surface area contributed by atoms with Crippen LogP contribution in [0.5, 0.6) is 0 Å². The molecule has 1 heterocycles. The Hall–Kier alpha value is -2.78. The van der Waals surface area contributed by atoms with E-state index < -0.39 is 0 Å². The molecule has 3 nitrogen and oxygen atoms in total. The second-order valence-electron chi connectivity index (χ2n) is 6.68. The Labute approximate surface area is 164 Å². The van der Waals surface area contributed by atoms with Crippen LogP contribution < -0.4 is 4.90 Å². The van der Waals surface area contributed by atoms with Crippen molar-refractivity contribution in [2.24, 2.45) is 0 Å². The molecule has 0 amide bonds. The number of halogens is 1. The summed E-state index contributed by atoms with van der Waals surface area (Å²) in [6.45, 7) is 0.648. The molecule has 0 radical (unpaired) electrons. The van der Waals surface area contributed by atoms with Crippen molar-refractivity contribution in [2.45, 2.75) is 19.4 Å². The predicted molar refractivity (Wildman–Crippen MR) is 109 cm³/mol. The highest BCUT2D eigenvalue weighted by Crippen LogP contribution is 2.38. The molecule has 0 fully saturated rings. The van der Waals surface area contributed by atoms with E-state index in [2.05, 4.69) is 35.2 Å². The lowest BCUT2D eigenvalue weighted by Gasteiger charge is -2.27. The maximum Gasteiger partial charge on any atom is 0.337 e. The second-order valence-corrected chi connectivity index (χ2v) is 7.12. The average Bonchev–Trinajstić information content (AvgIpc) is 2.85. The monoisotopic (exact) mass is 377 g/mol. The Balaban J connectivity index is 1.80. The molecule has 0 atom stereocenters. The molecular weight excluding hydrogens is 358 g/mol. The molecule has 4 heteroatoms. The average molecular weight is 378 g/mol. The number of carbonyl (C=O) groups excluding carboxylic acids is 1.